The van der Waals surface area contributed by atoms with Crippen LogP contribution in [0, 0.1) is 0 Å². The summed E-state index contributed by atoms with van der Waals surface area (Å²) in [7, 11) is 0. The third-order valence-corrected chi connectivity index (χ3v) is 6.48. The summed E-state index contributed by atoms with van der Waals surface area (Å²) < 4.78 is 5.65. The molecule has 6 aromatic rings. The Morgan fingerprint density at radius 3 is 2.33 bits per heavy atom. The SMILES string of the molecule is c1ccc(-c2cccc(N3c4ccccc4-c4cccnc4-c4ccc(-c5ncco5)cc43)c2)nc1. The predicted octanol–water partition coefficient (Wildman–Crippen LogP) is 7.92. The van der Waals surface area contributed by atoms with Crippen LogP contribution >= 0.6 is 0 Å². The molecule has 1 aliphatic heterocycles. The zero-order chi connectivity index (χ0) is 23.9. The van der Waals surface area contributed by atoms with Crippen LogP contribution in [0.3, 0.4) is 0 Å². The van der Waals surface area contributed by atoms with Gasteiger partial charge in [-0.2, -0.15) is 0 Å². The van der Waals surface area contributed by atoms with Crippen molar-refractivity contribution in [3.63, 3.8) is 0 Å². The molecule has 0 atom stereocenters. The first-order chi connectivity index (χ1) is 17.9. The fourth-order valence-electron chi connectivity index (χ4n) is 4.90. The minimum absolute atomic E-state index is 0.582. The molecular formula is C31H20N4O. The van der Waals surface area contributed by atoms with E-state index in [9.17, 15) is 0 Å². The summed E-state index contributed by atoms with van der Waals surface area (Å²) >= 11 is 0. The molecule has 36 heavy (non-hydrogen) atoms. The highest BCUT2D eigenvalue weighted by atomic mass is 16.3. The Balaban J connectivity index is 1.53. The van der Waals surface area contributed by atoms with E-state index in [0.717, 1.165) is 56.3 Å². The molecule has 0 unspecified atom stereocenters. The molecule has 5 nitrogen and oxygen atoms in total. The number of anilines is 3. The molecule has 4 heterocycles. The van der Waals surface area contributed by atoms with Gasteiger partial charge in [-0.25, -0.2) is 4.98 Å². The number of nitrogens with zero attached hydrogens (tertiary/aromatic N) is 4. The normalized spacial score (nSPS) is 11.8. The van der Waals surface area contributed by atoms with Crippen molar-refractivity contribution >= 4 is 17.1 Å². The standard InChI is InChI=1S/C31H20N4O/c1-2-12-28-24(9-1)25-10-6-16-33-30(25)26-14-13-22(31-34-17-18-36-31)20-29(26)35(28)23-8-5-7-21(19-23)27-11-3-4-15-32-27/h1-20H. The lowest BCUT2D eigenvalue weighted by molar-refractivity contribution is 0.574. The summed E-state index contributed by atoms with van der Waals surface area (Å²) in [5.74, 6) is 0.582. The second-order valence-electron chi connectivity index (χ2n) is 8.59. The van der Waals surface area contributed by atoms with E-state index in [1.165, 1.54) is 0 Å². The first-order valence-electron chi connectivity index (χ1n) is 11.8. The molecule has 0 amide bonds. The number of benzene rings is 3. The van der Waals surface area contributed by atoms with Gasteiger partial charge in [0, 0.05) is 45.9 Å². The molecule has 3 aromatic carbocycles. The van der Waals surface area contributed by atoms with E-state index in [1.807, 2.05) is 42.7 Å². The highest BCUT2D eigenvalue weighted by Gasteiger charge is 2.27. The second-order valence-corrected chi connectivity index (χ2v) is 8.59. The van der Waals surface area contributed by atoms with E-state index < -0.39 is 0 Å². The Morgan fingerprint density at radius 2 is 1.44 bits per heavy atom. The summed E-state index contributed by atoms with van der Waals surface area (Å²) in [6.45, 7) is 0. The van der Waals surface area contributed by atoms with Crippen molar-refractivity contribution in [3.8, 4) is 45.1 Å². The Labute approximate surface area is 208 Å². The van der Waals surface area contributed by atoms with Crippen LogP contribution in [0.25, 0.3) is 45.1 Å². The number of oxazole rings is 1. The summed E-state index contributed by atoms with van der Waals surface area (Å²) in [5.41, 5.74) is 10.2. The first kappa shape index (κ1) is 20.4. The van der Waals surface area contributed by atoms with Crippen LogP contribution in [-0.2, 0) is 0 Å². The van der Waals surface area contributed by atoms with Crippen molar-refractivity contribution in [2.45, 2.75) is 0 Å². The van der Waals surface area contributed by atoms with Crippen LogP contribution in [0.2, 0.25) is 0 Å². The molecular weight excluding hydrogens is 444 g/mol. The molecule has 0 radical (unpaired) electrons. The third-order valence-electron chi connectivity index (χ3n) is 6.48. The van der Waals surface area contributed by atoms with Crippen molar-refractivity contribution in [2.24, 2.45) is 0 Å². The van der Waals surface area contributed by atoms with Crippen LogP contribution in [0.4, 0.5) is 17.1 Å². The molecule has 0 saturated heterocycles. The Morgan fingerprint density at radius 1 is 0.556 bits per heavy atom. The van der Waals surface area contributed by atoms with Gasteiger partial charge in [0.2, 0.25) is 5.89 Å². The Kier molecular flexibility index (Phi) is 4.71. The van der Waals surface area contributed by atoms with Crippen molar-refractivity contribution in [2.75, 3.05) is 4.90 Å². The highest BCUT2D eigenvalue weighted by Crippen LogP contribution is 2.50. The van der Waals surface area contributed by atoms with Crippen molar-refractivity contribution in [3.05, 3.63) is 122 Å². The molecule has 3 aromatic heterocycles. The van der Waals surface area contributed by atoms with Gasteiger partial charge in [-0.3, -0.25) is 9.97 Å². The van der Waals surface area contributed by atoms with Crippen molar-refractivity contribution in [1.82, 2.24) is 15.0 Å². The maximum Gasteiger partial charge on any atom is 0.225 e. The van der Waals surface area contributed by atoms with Gasteiger partial charge in [0.25, 0.3) is 0 Å². The minimum Gasteiger partial charge on any atom is -0.445 e. The summed E-state index contributed by atoms with van der Waals surface area (Å²) in [6.07, 6.45) is 6.94. The van der Waals surface area contributed by atoms with E-state index in [0.29, 0.717) is 5.89 Å². The first-order valence-corrected chi connectivity index (χ1v) is 11.8. The fourth-order valence-corrected chi connectivity index (χ4v) is 4.90. The van der Waals surface area contributed by atoms with E-state index in [1.54, 1.807) is 12.5 Å². The quantitative estimate of drug-likeness (QED) is 0.266. The number of aromatic nitrogens is 3. The summed E-state index contributed by atoms with van der Waals surface area (Å²) in [4.78, 5) is 16.1. The van der Waals surface area contributed by atoms with Gasteiger partial charge >= 0.3 is 0 Å². The molecule has 0 bridgehead atoms. The van der Waals surface area contributed by atoms with E-state index in [2.05, 4.69) is 81.6 Å². The zero-order valence-corrected chi connectivity index (χ0v) is 19.2. The molecule has 7 rings (SSSR count). The van der Waals surface area contributed by atoms with E-state index in [-0.39, 0.29) is 0 Å². The number of para-hydroxylation sites is 1. The number of rotatable bonds is 3. The van der Waals surface area contributed by atoms with Crippen LogP contribution in [0.1, 0.15) is 0 Å². The molecule has 0 N–H and O–H groups in total. The number of fused-ring (bicyclic) bond motifs is 5. The summed E-state index contributed by atoms with van der Waals surface area (Å²) in [5, 5.41) is 0. The van der Waals surface area contributed by atoms with Gasteiger partial charge in [0.1, 0.15) is 6.26 Å². The van der Waals surface area contributed by atoms with Crippen LogP contribution in [0.5, 0.6) is 0 Å². The lowest BCUT2D eigenvalue weighted by Crippen LogP contribution is -2.11. The van der Waals surface area contributed by atoms with Gasteiger partial charge in [-0.15, -0.1) is 0 Å². The van der Waals surface area contributed by atoms with Crippen LogP contribution in [-0.4, -0.2) is 15.0 Å². The van der Waals surface area contributed by atoms with Gasteiger partial charge in [0.15, 0.2) is 0 Å². The van der Waals surface area contributed by atoms with Gasteiger partial charge < -0.3 is 9.32 Å². The topological polar surface area (TPSA) is 55.1 Å². The molecule has 1 aliphatic rings. The Hall–Kier alpha value is -5.03. The molecule has 5 heteroatoms. The van der Waals surface area contributed by atoms with Crippen molar-refractivity contribution < 1.29 is 4.42 Å². The fraction of sp³-hybridized carbons (Fsp3) is 0. The average molecular weight is 465 g/mol. The van der Waals surface area contributed by atoms with Gasteiger partial charge in [-0.05, 0) is 54.6 Å². The predicted molar refractivity (Wildman–Crippen MR) is 142 cm³/mol. The molecule has 0 fully saturated rings. The maximum atomic E-state index is 5.65. The molecule has 0 aliphatic carbocycles. The number of hydrogen-bond donors (Lipinski definition) is 0. The van der Waals surface area contributed by atoms with E-state index >= 15 is 0 Å². The van der Waals surface area contributed by atoms with Crippen molar-refractivity contribution in [1.29, 1.82) is 0 Å². The smallest absolute Gasteiger partial charge is 0.225 e. The third kappa shape index (κ3) is 3.29. The second kappa shape index (κ2) is 8.32. The van der Waals surface area contributed by atoms with Crippen LogP contribution < -0.4 is 4.90 Å². The van der Waals surface area contributed by atoms with Crippen LogP contribution in [0.15, 0.2) is 126 Å². The lowest BCUT2D eigenvalue weighted by Gasteiger charge is -2.28. The zero-order valence-electron chi connectivity index (χ0n) is 19.2. The Bertz CT molecular complexity index is 1690. The van der Waals surface area contributed by atoms with E-state index in [4.69, 9.17) is 9.40 Å². The molecule has 0 spiro atoms. The number of hydrogen-bond acceptors (Lipinski definition) is 5. The van der Waals surface area contributed by atoms with Gasteiger partial charge in [0.05, 0.1) is 29.0 Å². The highest BCUT2D eigenvalue weighted by molar-refractivity contribution is 6.02. The molecule has 170 valence electrons. The minimum atomic E-state index is 0.582. The largest absolute Gasteiger partial charge is 0.445 e. The summed E-state index contributed by atoms with van der Waals surface area (Å²) in [6, 6.07) is 33.4. The average Bonchev–Trinajstić information content (AvgIpc) is 3.46. The molecule has 0 saturated carbocycles. The monoisotopic (exact) mass is 464 g/mol. The van der Waals surface area contributed by atoms with Gasteiger partial charge in [-0.1, -0.05) is 42.5 Å². The number of pyridine rings is 2. The maximum absolute atomic E-state index is 5.65. The lowest BCUT2D eigenvalue weighted by atomic mass is 9.99.